The van der Waals surface area contributed by atoms with E-state index in [1.165, 1.54) is 7.11 Å². The van der Waals surface area contributed by atoms with Crippen LogP contribution in [0.3, 0.4) is 0 Å². The fourth-order valence-corrected chi connectivity index (χ4v) is 3.67. The number of carbonyl (C=O) groups is 1. The normalized spacial score (nSPS) is 15.9. The van der Waals surface area contributed by atoms with E-state index in [-0.39, 0.29) is 41.1 Å². The van der Waals surface area contributed by atoms with E-state index in [9.17, 15) is 14.9 Å². The van der Waals surface area contributed by atoms with E-state index in [2.05, 4.69) is 4.90 Å². The maximum Gasteiger partial charge on any atom is 0.306 e. The van der Waals surface area contributed by atoms with Crippen LogP contribution in [-0.2, 0) is 19.0 Å². The minimum absolute atomic E-state index is 0.00601. The fraction of sp³-hybridized carbons (Fsp3) is 0.667. The van der Waals surface area contributed by atoms with Gasteiger partial charge in [0, 0.05) is 37.8 Å². The minimum atomic E-state index is -0.369. The number of esters is 1. The third-order valence-electron chi connectivity index (χ3n) is 5.22. The molecule has 0 saturated carbocycles. The molecule has 1 atom stereocenters. The van der Waals surface area contributed by atoms with Crippen molar-refractivity contribution in [3.8, 4) is 0 Å². The van der Waals surface area contributed by atoms with Gasteiger partial charge in [0.1, 0.15) is 5.69 Å². The maximum atomic E-state index is 11.9. The summed E-state index contributed by atoms with van der Waals surface area (Å²) < 4.78 is 15.9. The topological polar surface area (TPSA) is 91.1 Å². The van der Waals surface area contributed by atoms with Gasteiger partial charge < -0.3 is 19.1 Å². The first kappa shape index (κ1) is 23.1. The number of rotatable bonds is 10. The Balaban J connectivity index is 2.36. The van der Waals surface area contributed by atoms with Gasteiger partial charge in [-0.2, -0.15) is 0 Å². The van der Waals surface area contributed by atoms with Crippen molar-refractivity contribution >= 4 is 17.3 Å². The van der Waals surface area contributed by atoms with Crippen molar-refractivity contribution in [3.05, 3.63) is 33.9 Å². The Bertz CT molecular complexity index is 688. The molecule has 162 valence electrons. The van der Waals surface area contributed by atoms with Crippen molar-refractivity contribution in [2.45, 2.75) is 58.1 Å². The number of ether oxygens (including phenoxy) is 3. The summed E-state index contributed by atoms with van der Waals surface area (Å²) in [6.45, 7) is 8.13. The summed E-state index contributed by atoms with van der Waals surface area (Å²) in [6.07, 6.45) is 1.80. The highest BCUT2D eigenvalue weighted by Gasteiger charge is 2.28. The van der Waals surface area contributed by atoms with E-state index in [0.29, 0.717) is 37.6 Å². The zero-order chi connectivity index (χ0) is 21.4. The third kappa shape index (κ3) is 6.40. The number of nitrogens with zero attached hydrogens (tertiary/aromatic N) is 2. The van der Waals surface area contributed by atoms with E-state index >= 15 is 0 Å². The summed E-state index contributed by atoms with van der Waals surface area (Å²) in [5.74, 6) is -0.678. The van der Waals surface area contributed by atoms with Gasteiger partial charge in [-0.25, -0.2) is 0 Å². The van der Waals surface area contributed by atoms with E-state index in [0.717, 1.165) is 12.8 Å². The van der Waals surface area contributed by atoms with Gasteiger partial charge in [0.15, 0.2) is 0 Å². The molecule has 1 aliphatic rings. The number of methoxy groups -OCH3 is 1. The zero-order valence-electron chi connectivity index (χ0n) is 17.8. The lowest BCUT2D eigenvalue weighted by Gasteiger charge is -2.35. The molecular formula is C21H32N2O6. The molecule has 0 N–H and O–H groups in total. The van der Waals surface area contributed by atoms with E-state index in [4.69, 9.17) is 14.2 Å². The molecule has 29 heavy (non-hydrogen) atoms. The summed E-state index contributed by atoms with van der Waals surface area (Å²) in [7, 11) is 1.33. The Kier molecular flexibility index (Phi) is 8.85. The second kappa shape index (κ2) is 11.1. The van der Waals surface area contributed by atoms with Crippen LogP contribution in [0.5, 0.6) is 0 Å². The first-order valence-electron chi connectivity index (χ1n) is 10.2. The third-order valence-corrected chi connectivity index (χ3v) is 5.22. The minimum Gasteiger partial charge on any atom is -0.469 e. The largest absolute Gasteiger partial charge is 0.469 e. The van der Waals surface area contributed by atoms with Gasteiger partial charge in [0.2, 0.25) is 0 Å². The van der Waals surface area contributed by atoms with Gasteiger partial charge in [-0.3, -0.25) is 14.9 Å². The lowest BCUT2D eigenvalue weighted by Crippen LogP contribution is -2.39. The summed E-state index contributed by atoms with van der Waals surface area (Å²) >= 11 is 0. The van der Waals surface area contributed by atoms with E-state index in [1.807, 2.05) is 26.8 Å². The first-order valence-corrected chi connectivity index (χ1v) is 10.2. The average Bonchev–Trinajstić information content (AvgIpc) is 2.72. The van der Waals surface area contributed by atoms with Crippen LogP contribution >= 0.6 is 0 Å². The fourth-order valence-electron chi connectivity index (χ4n) is 3.67. The number of benzene rings is 1. The van der Waals surface area contributed by atoms with Crippen LogP contribution in [0.2, 0.25) is 0 Å². The highest BCUT2D eigenvalue weighted by atomic mass is 16.6. The van der Waals surface area contributed by atoms with E-state index < -0.39 is 0 Å². The predicted octanol–water partition coefficient (Wildman–Crippen LogP) is 3.67. The van der Waals surface area contributed by atoms with Crippen LogP contribution in [-0.4, -0.2) is 56.5 Å². The van der Waals surface area contributed by atoms with Gasteiger partial charge in [-0.05, 0) is 45.2 Å². The summed E-state index contributed by atoms with van der Waals surface area (Å²) in [6, 6.07) is 5.45. The van der Waals surface area contributed by atoms with Crippen LogP contribution in [0.1, 0.15) is 51.5 Å². The SMILES string of the molecule is CCN(c1ccc([C@H](COC(C)C)CC(=O)OC)cc1[N+](=O)[O-])C1CCOCC1. The van der Waals surface area contributed by atoms with Crippen molar-refractivity contribution < 1.29 is 23.9 Å². The Morgan fingerprint density at radius 3 is 2.59 bits per heavy atom. The molecule has 0 unspecified atom stereocenters. The standard InChI is InChI=1S/C21H32N2O6/c1-5-22(18-8-10-28-11-9-18)19-7-6-16(12-20(19)23(25)26)17(13-21(24)27-4)14-29-15(2)3/h6-7,12,15,17-18H,5,8-11,13-14H2,1-4H3/t17-/m0/s1. The zero-order valence-corrected chi connectivity index (χ0v) is 17.8. The molecule has 0 amide bonds. The number of anilines is 1. The smallest absolute Gasteiger partial charge is 0.306 e. The molecule has 8 heteroatoms. The summed E-state index contributed by atoms with van der Waals surface area (Å²) in [5, 5.41) is 11.9. The molecule has 0 aliphatic carbocycles. The Morgan fingerprint density at radius 1 is 1.34 bits per heavy atom. The molecular weight excluding hydrogens is 376 g/mol. The van der Waals surface area contributed by atoms with Crippen LogP contribution in [0.15, 0.2) is 18.2 Å². The Morgan fingerprint density at radius 2 is 2.03 bits per heavy atom. The Hall–Kier alpha value is -2.19. The summed E-state index contributed by atoms with van der Waals surface area (Å²) in [5.41, 5.74) is 1.36. The van der Waals surface area contributed by atoms with Crippen molar-refractivity contribution in [1.82, 2.24) is 0 Å². The van der Waals surface area contributed by atoms with Gasteiger partial charge in [-0.15, -0.1) is 0 Å². The van der Waals surface area contributed by atoms with Crippen LogP contribution in [0.4, 0.5) is 11.4 Å². The highest BCUT2D eigenvalue weighted by molar-refractivity contribution is 5.71. The van der Waals surface area contributed by atoms with Gasteiger partial charge in [-0.1, -0.05) is 6.07 Å². The average molecular weight is 408 g/mol. The number of carbonyl (C=O) groups excluding carboxylic acids is 1. The molecule has 8 nitrogen and oxygen atoms in total. The molecule has 1 saturated heterocycles. The first-order chi connectivity index (χ1) is 13.9. The number of nitro benzene ring substituents is 1. The predicted molar refractivity (Wildman–Crippen MR) is 110 cm³/mol. The quantitative estimate of drug-likeness (QED) is 0.331. The van der Waals surface area contributed by atoms with E-state index in [1.54, 1.807) is 12.1 Å². The molecule has 0 bridgehead atoms. The van der Waals surface area contributed by atoms with Crippen LogP contribution in [0.25, 0.3) is 0 Å². The number of nitro groups is 1. The highest BCUT2D eigenvalue weighted by Crippen LogP contribution is 2.35. The second-order valence-corrected chi connectivity index (χ2v) is 7.49. The molecule has 1 aromatic carbocycles. The monoisotopic (exact) mass is 408 g/mol. The number of hydrogen-bond acceptors (Lipinski definition) is 7. The lowest BCUT2D eigenvalue weighted by atomic mass is 9.95. The molecule has 0 radical (unpaired) electrons. The van der Waals surface area contributed by atoms with Crippen molar-refractivity contribution in [2.24, 2.45) is 0 Å². The van der Waals surface area contributed by atoms with Gasteiger partial charge in [0.25, 0.3) is 5.69 Å². The van der Waals surface area contributed by atoms with Gasteiger partial charge in [0.05, 0.1) is 31.2 Å². The molecule has 1 aliphatic heterocycles. The van der Waals surface area contributed by atoms with Crippen LogP contribution < -0.4 is 4.90 Å². The number of hydrogen-bond donors (Lipinski definition) is 0. The summed E-state index contributed by atoms with van der Waals surface area (Å²) in [4.78, 5) is 25.5. The molecule has 2 rings (SSSR count). The van der Waals surface area contributed by atoms with Crippen molar-refractivity contribution in [3.63, 3.8) is 0 Å². The lowest BCUT2D eigenvalue weighted by molar-refractivity contribution is -0.384. The molecule has 1 heterocycles. The van der Waals surface area contributed by atoms with Crippen molar-refractivity contribution in [2.75, 3.05) is 38.4 Å². The maximum absolute atomic E-state index is 11.9. The van der Waals surface area contributed by atoms with Crippen LogP contribution in [0, 0.1) is 10.1 Å². The molecule has 1 fully saturated rings. The van der Waals surface area contributed by atoms with Crippen molar-refractivity contribution in [1.29, 1.82) is 0 Å². The van der Waals surface area contributed by atoms with Gasteiger partial charge >= 0.3 is 5.97 Å². The molecule has 0 spiro atoms. The molecule has 1 aromatic rings. The second-order valence-electron chi connectivity index (χ2n) is 7.49. The molecule has 0 aromatic heterocycles. The Labute approximate surface area is 172 Å².